The molecule has 0 unspecified atom stereocenters. The molecule has 0 N–H and O–H groups in total. The summed E-state index contributed by atoms with van der Waals surface area (Å²) in [6.07, 6.45) is 10.0. The van der Waals surface area contributed by atoms with Crippen molar-refractivity contribution in [3.05, 3.63) is 12.2 Å². The van der Waals surface area contributed by atoms with Crippen LogP contribution in [0, 0.1) is 0 Å². The predicted octanol–water partition coefficient (Wildman–Crippen LogP) is 2.85. The van der Waals surface area contributed by atoms with Gasteiger partial charge in [0.2, 0.25) is 0 Å². The lowest BCUT2D eigenvalue weighted by atomic mass is 10.2. The molecule has 0 saturated carbocycles. The lowest BCUT2D eigenvalue weighted by Crippen LogP contribution is -1.79. The largest absolute Gasteiger partial charge is 0.162 e. The first-order chi connectivity index (χ1) is 4.50. The number of rotatable bonds is 0. The maximum Gasteiger partial charge on any atom is -0.00329 e. The van der Waals surface area contributed by atoms with Crippen LogP contribution in [0.3, 0.4) is 0 Å². The minimum atomic E-state index is 1.28. The Balaban J connectivity index is 2.15. The van der Waals surface area contributed by atoms with Crippen LogP contribution in [0.4, 0.5) is 0 Å². The molecule has 0 radical (unpaired) electrons. The van der Waals surface area contributed by atoms with Crippen molar-refractivity contribution < 1.29 is 0 Å². The van der Waals surface area contributed by atoms with Crippen LogP contribution in [-0.2, 0) is 0 Å². The van der Waals surface area contributed by atoms with Crippen LogP contribution in [-0.4, -0.2) is 11.5 Å². The first kappa shape index (κ1) is 7.20. The lowest BCUT2D eigenvalue weighted by molar-refractivity contribution is 0.824. The van der Waals surface area contributed by atoms with Gasteiger partial charge < -0.3 is 0 Å². The topological polar surface area (TPSA) is 0 Å². The van der Waals surface area contributed by atoms with Gasteiger partial charge in [-0.3, -0.25) is 0 Å². The van der Waals surface area contributed by atoms with E-state index in [1.54, 1.807) is 0 Å². The Bertz CT molecular complexity index is 76.6. The second-order valence-electron chi connectivity index (χ2n) is 2.37. The van der Waals surface area contributed by atoms with Crippen molar-refractivity contribution in [1.82, 2.24) is 0 Å². The smallest absolute Gasteiger partial charge is 0.00329 e. The molecule has 52 valence electrons. The van der Waals surface area contributed by atoms with E-state index < -0.39 is 0 Å². The molecule has 0 nitrogen and oxygen atoms in total. The van der Waals surface area contributed by atoms with Gasteiger partial charge in [-0.25, -0.2) is 0 Å². The molecule has 1 aliphatic heterocycles. The molecular weight excluding hydrogens is 128 g/mol. The molecule has 0 atom stereocenters. The van der Waals surface area contributed by atoms with Crippen molar-refractivity contribution in [2.24, 2.45) is 0 Å². The molecule has 0 saturated heterocycles. The number of hydrogen-bond acceptors (Lipinski definition) is 1. The summed E-state index contributed by atoms with van der Waals surface area (Å²) in [5.41, 5.74) is 0. The highest BCUT2D eigenvalue weighted by molar-refractivity contribution is 7.99. The van der Waals surface area contributed by atoms with Gasteiger partial charge in [0.1, 0.15) is 0 Å². The molecular formula is C8H14S. The van der Waals surface area contributed by atoms with Gasteiger partial charge in [0.05, 0.1) is 0 Å². The van der Waals surface area contributed by atoms with Crippen LogP contribution < -0.4 is 0 Å². The van der Waals surface area contributed by atoms with E-state index in [4.69, 9.17) is 0 Å². The van der Waals surface area contributed by atoms with E-state index in [0.717, 1.165) is 0 Å². The summed E-state index contributed by atoms with van der Waals surface area (Å²) in [6, 6.07) is 0. The summed E-state index contributed by atoms with van der Waals surface area (Å²) in [4.78, 5) is 0. The van der Waals surface area contributed by atoms with Crippen molar-refractivity contribution in [1.29, 1.82) is 0 Å². The summed E-state index contributed by atoms with van der Waals surface area (Å²) in [5, 5.41) is 0. The molecule has 0 aromatic carbocycles. The van der Waals surface area contributed by atoms with Gasteiger partial charge in [0, 0.05) is 0 Å². The molecule has 0 aliphatic carbocycles. The Labute approximate surface area is 61.7 Å². The third-order valence-corrected chi connectivity index (χ3v) is 2.61. The minimum Gasteiger partial charge on any atom is -0.162 e. The van der Waals surface area contributed by atoms with Crippen molar-refractivity contribution in [3.63, 3.8) is 0 Å². The van der Waals surface area contributed by atoms with Gasteiger partial charge in [0.25, 0.3) is 0 Å². The highest BCUT2D eigenvalue weighted by Gasteiger charge is 1.90. The van der Waals surface area contributed by atoms with Crippen LogP contribution in [0.2, 0.25) is 0 Å². The zero-order valence-electron chi connectivity index (χ0n) is 5.81. The van der Waals surface area contributed by atoms with Crippen LogP contribution in [0.25, 0.3) is 0 Å². The fourth-order valence-electron chi connectivity index (χ4n) is 0.955. The number of thioether (sulfide) groups is 1. The van der Waals surface area contributed by atoms with E-state index >= 15 is 0 Å². The standard InChI is InChI=1S/C8H14S/c1-2-4-6-8-9-7-5-3-1/h1,3H,2,4-8H2/b3-1-. The summed E-state index contributed by atoms with van der Waals surface area (Å²) in [7, 11) is 0. The molecule has 1 rings (SSSR count). The SMILES string of the molecule is C1=C\CCSCCCC/1. The second kappa shape index (κ2) is 4.92. The average Bonchev–Trinajstić information content (AvgIpc) is 2.00. The Morgan fingerprint density at radius 3 is 2.78 bits per heavy atom. The van der Waals surface area contributed by atoms with E-state index in [0.29, 0.717) is 0 Å². The fourth-order valence-corrected chi connectivity index (χ4v) is 1.87. The second-order valence-corrected chi connectivity index (χ2v) is 3.59. The minimum absolute atomic E-state index is 1.28. The Kier molecular flexibility index (Phi) is 3.94. The molecule has 1 heteroatoms. The number of allylic oxidation sites excluding steroid dienone is 2. The van der Waals surface area contributed by atoms with E-state index in [2.05, 4.69) is 23.9 Å². The summed E-state index contributed by atoms with van der Waals surface area (Å²) >= 11 is 2.09. The van der Waals surface area contributed by atoms with Crippen LogP contribution in [0.1, 0.15) is 25.7 Å². The highest BCUT2D eigenvalue weighted by Crippen LogP contribution is 2.10. The van der Waals surface area contributed by atoms with Crippen LogP contribution >= 0.6 is 11.8 Å². The van der Waals surface area contributed by atoms with Gasteiger partial charge in [-0.15, -0.1) is 0 Å². The first-order valence-corrected chi connectivity index (χ1v) is 4.88. The van der Waals surface area contributed by atoms with E-state index in [9.17, 15) is 0 Å². The van der Waals surface area contributed by atoms with Gasteiger partial charge >= 0.3 is 0 Å². The number of hydrogen-bond donors (Lipinski definition) is 0. The molecule has 9 heavy (non-hydrogen) atoms. The maximum atomic E-state index is 2.33. The van der Waals surface area contributed by atoms with Crippen molar-refractivity contribution in [2.45, 2.75) is 25.7 Å². The highest BCUT2D eigenvalue weighted by atomic mass is 32.2. The summed E-state index contributed by atoms with van der Waals surface area (Å²) in [6.45, 7) is 0. The normalized spacial score (nSPS) is 25.8. The lowest BCUT2D eigenvalue weighted by Gasteiger charge is -1.94. The zero-order valence-corrected chi connectivity index (χ0v) is 6.62. The van der Waals surface area contributed by atoms with E-state index in [1.807, 2.05) is 0 Å². The zero-order chi connectivity index (χ0) is 6.36. The van der Waals surface area contributed by atoms with Crippen molar-refractivity contribution in [2.75, 3.05) is 11.5 Å². The third kappa shape index (κ3) is 3.63. The van der Waals surface area contributed by atoms with Crippen LogP contribution in [0.5, 0.6) is 0 Å². The fraction of sp³-hybridized carbons (Fsp3) is 0.750. The van der Waals surface area contributed by atoms with E-state index in [-0.39, 0.29) is 0 Å². The summed E-state index contributed by atoms with van der Waals surface area (Å²) < 4.78 is 0. The predicted molar refractivity (Wildman–Crippen MR) is 44.9 cm³/mol. The van der Waals surface area contributed by atoms with Crippen molar-refractivity contribution >= 4 is 11.8 Å². The Morgan fingerprint density at radius 2 is 1.78 bits per heavy atom. The molecule has 0 fully saturated rings. The molecule has 0 aromatic rings. The van der Waals surface area contributed by atoms with Crippen LogP contribution in [0.15, 0.2) is 12.2 Å². The van der Waals surface area contributed by atoms with Gasteiger partial charge in [-0.1, -0.05) is 12.2 Å². The van der Waals surface area contributed by atoms with Crippen molar-refractivity contribution in [3.8, 4) is 0 Å². The molecule has 0 amide bonds. The molecule has 1 aliphatic rings. The molecule has 0 bridgehead atoms. The van der Waals surface area contributed by atoms with Gasteiger partial charge in [0.15, 0.2) is 0 Å². The average molecular weight is 142 g/mol. The quantitative estimate of drug-likeness (QED) is 0.469. The van der Waals surface area contributed by atoms with E-state index in [1.165, 1.54) is 37.2 Å². The monoisotopic (exact) mass is 142 g/mol. The molecule has 0 spiro atoms. The Hall–Kier alpha value is 0.0900. The molecule has 0 aromatic heterocycles. The third-order valence-electron chi connectivity index (χ3n) is 1.50. The molecule has 1 heterocycles. The Morgan fingerprint density at radius 1 is 0.889 bits per heavy atom. The maximum absolute atomic E-state index is 2.33. The van der Waals surface area contributed by atoms with Gasteiger partial charge in [-0.05, 0) is 37.2 Å². The van der Waals surface area contributed by atoms with Gasteiger partial charge in [-0.2, -0.15) is 11.8 Å². The summed E-state index contributed by atoms with van der Waals surface area (Å²) in [5.74, 6) is 2.71. The first-order valence-electron chi connectivity index (χ1n) is 3.73.